The highest BCUT2D eigenvalue weighted by atomic mass is 28.4. The molecule has 4 fully saturated rings. The van der Waals surface area contributed by atoms with Crippen LogP contribution in [-0.4, -0.2) is 43.3 Å². The Morgan fingerprint density at radius 1 is 0.722 bits per heavy atom. The zero-order chi connectivity index (χ0) is 26.9. The quantitative estimate of drug-likeness (QED) is 0.295. The number of hydrogen-bond acceptors (Lipinski definition) is 3. The Hall–Kier alpha value is 0.531. The summed E-state index contributed by atoms with van der Waals surface area (Å²) >= 11 is 0. The summed E-state index contributed by atoms with van der Waals surface area (Å²) in [6, 6.07) is 0. The van der Waals surface area contributed by atoms with Gasteiger partial charge in [-0.3, -0.25) is 0 Å². The Labute approximate surface area is 227 Å². The van der Waals surface area contributed by atoms with Crippen molar-refractivity contribution in [2.45, 2.75) is 149 Å². The summed E-state index contributed by atoms with van der Waals surface area (Å²) in [6.45, 7) is 29.2. The van der Waals surface area contributed by atoms with Crippen molar-refractivity contribution >= 4 is 25.0 Å². The van der Waals surface area contributed by atoms with Crippen LogP contribution in [0.25, 0.3) is 0 Å². The highest BCUT2D eigenvalue weighted by Gasteiger charge is 2.64. The minimum absolute atomic E-state index is 0.353. The number of hydrogen-bond donors (Lipinski definition) is 0. The van der Waals surface area contributed by atoms with Crippen LogP contribution >= 0.6 is 0 Å². The van der Waals surface area contributed by atoms with Crippen molar-refractivity contribution in [2.75, 3.05) is 0 Å². The molecule has 4 aliphatic rings. The maximum absolute atomic E-state index is 7.25. The second-order valence-corrected chi connectivity index (χ2v) is 30.2. The second-order valence-electron chi connectivity index (χ2n) is 16.8. The van der Waals surface area contributed by atoms with Gasteiger partial charge in [-0.25, -0.2) is 0 Å². The molecule has 0 spiro atoms. The van der Waals surface area contributed by atoms with E-state index in [0.29, 0.717) is 35.1 Å². The molecule has 10 atom stereocenters. The third kappa shape index (κ3) is 5.99. The molecule has 0 aromatic rings. The Kier molecular flexibility index (Phi) is 8.09. The third-order valence-electron chi connectivity index (χ3n) is 10.7. The first-order chi connectivity index (χ1) is 16.3. The van der Waals surface area contributed by atoms with Gasteiger partial charge in [0.2, 0.25) is 0 Å². The van der Waals surface area contributed by atoms with Crippen molar-refractivity contribution in [2.24, 2.45) is 40.4 Å². The first-order valence-electron chi connectivity index (χ1n) is 15.4. The van der Waals surface area contributed by atoms with Gasteiger partial charge in [-0.05, 0) is 158 Å². The summed E-state index contributed by atoms with van der Waals surface area (Å²) < 4.78 is 20.7. The van der Waals surface area contributed by atoms with E-state index in [-0.39, 0.29) is 0 Å². The van der Waals surface area contributed by atoms with E-state index in [1.807, 2.05) is 0 Å². The molecule has 4 saturated carbocycles. The highest BCUT2D eigenvalue weighted by molar-refractivity contribution is 6.70. The van der Waals surface area contributed by atoms with Crippen LogP contribution in [0.3, 0.4) is 0 Å². The average molecular weight is 553 g/mol. The van der Waals surface area contributed by atoms with Crippen LogP contribution in [0.1, 0.15) is 72.1 Å². The zero-order valence-electron chi connectivity index (χ0n) is 26.0. The van der Waals surface area contributed by atoms with E-state index >= 15 is 0 Å². The summed E-state index contributed by atoms with van der Waals surface area (Å²) in [7, 11) is -4.72. The monoisotopic (exact) mass is 552 g/mol. The molecule has 0 aliphatic heterocycles. The topological polar surface area (TPSA) is 27.7 Å². The van der Waals surface area contributed by atoms with E-state index in [9.17, 15) is 0 Å². The fourth-order valence-electron chi connectivity index (χ4n) is 9.93. The maximum Gasteiger partial charge on any atom is 0.184 e. The molecule has 0 amide bonds. The standard InChI is InChI=1S/C30H60O3Si3/c1-21(31-34(4,5)6)25-15-16-26-24-14-13-22-19-23(32-35(7,8)9)17-18-29(22,2)28(24)27(20-30(25,26)3)33-36(10,11)12/h21-28H,13-20H2,1-12H3/t21-,22+,23-,24?,25-,26?,27+,28?,29+,30-/m1/s1. The van der Waals surface area contributed by atoms with Gasteiger partial charge >= 0.3 is 0 Å². The van der Waals surface area contributed by atoms with Crippen LogP contribution in [0.4, 0.5) is 0 Å². The molecule has 4 rings (SSSR count). The van der Waals surface area contributed by atoms with Gasteiger partial charge in [0.1, 0.15) is 0 Å². The van der Waals surface area contributed by atoms with Crippen molar-refractivity contribution in [1.82, 2.24) is 0 Å². The lowest BCUT2D eigenvalue weighted by Gasteiger charge is -2.64. The van der Waals surface area contributed by atoms with Crippen molar-refractivity contribution < 1.29 is 13.3 Å². The van der Waals surface area contributed by atoms with Crippen LogP contribution in [-0.2, 0) is 13.3 Å². The lowest BCUT2D eigenvalue weighted by Crippen LogP contribution is -2.61. The fourth-order valence-corrected chi connectivity index (χ4v) is 13.6. The van der Waals surface area contributed by atoms with Gasteiger partial charge in [-0.15, -0.1) is 0 Å². The zero-order valence-corrected chi connectivity index (χ0v) is 29.0. The number of rotatable bonds is 7. The lowest BCUT2D eigenvalue weighted by molar-refractivity contribution is -0.175. The molecule has 0 radical (unpaired) electrons. The van der Waals surface area contributed by atoms with E-state index in [2.05, 4.69) is 79.7 Å². The molecule has 3 nitrogen and oxygen atoms in total. The molecule has 0 aromatic carbocycles. The molecule has 0 bridgehead atoms. The van der Waals surface area contributed by atoms with Crippen LogP contribution in [0, 0.1) is 40.4 Å². The Balaban J connectivity index is 1.63. The fraction of sp³-hybridized carbons (Fsp3) is 1.00. The smallest absolute Gasteiger partial charge is 0.184 e. The average Bonchev–Trinajstić information content (AvgIpc) is 3.01. The molecule has 0 N–H and O–H groups in total. The van der Waals surface area contributed by atoms with Gasteiger partial charge in [-0.1, -0.05) is 13.8 Å². The molecule has 0 aromatic heterocycles. The van der Waals surface area contributed by atoms with Crippen molar-refractivity contribution in [3.8, 4) is 0 Å². The molecule has 4 aliphatic carbocycles. The van der Waals surface area contributed by atoms with Gasteiger partial charge < -0.3 is 13.3 Å². The molecular weight excluding hydrogens is 493 g/mol. The molecule has 36 heavy (non-hydrogen) atoms. The summed E-state index contributed by atoms with van der Waals surface area (Å²) in [5, 5.41) is 0. The van der Waals surface area contributed by atoms with E-state index in [1.165, 1.54) is 51.4 Å². The molecule has 0 heterocycles. The van der Waals surface area contributed by atoms with Crippen LogP contribution in [0.5, 0.6) is 0 Å². The second kappa shape index (κ2) is 9.87. The Bertz CT molecular complexity index is 784. The van der Waals surface area contributed by atoms with Gasteiger partial charge in [0, 0.05) is 18.3 Å². The summed E-state index contributed by atoms with van der Waals surface area (Å²) in [5.41, 5.74) is 0.762. The summed E-state index contributed by atoms with van der Waals surface area (Å²) in [5.74, 6) is 3.87. The van der Waals surface area contributed by atoms with E-state index in [0.717, 1.165) is 23.7 Å². The minimum Gasteiger partial charge on any atom is -0.415 e. The Morgan fingerprint density at radius 3 is 1.94 bits per heavy atom. The third-order valence-corrected chi connectivity index (χ3v) is 13.9. The summed E-state index contributed by atoms with van der Waals surface area (Å²) in [4.78, 5) is 0. The predicted molar refractivity (Wildman–Crippen MR) is 161 cm³/mol. The maximum atomic E-state index is 7.25. The van der Waals surface area contributed by atoms with Crippen LogP contribution in [0.15, 0.2) is 0 Å². The number of fused-ring (bicyclic) bond motifs is 5. The van der Waals surface area contributed by atoms with Gasteiger partial charge in [0.05, 0.1) is 0 Å². The molecule has 3 unspecified atom stereocenters. The van der Waals surface area contributed by atoms with E-state index < -0.39 is 25.0 Å². The van der Waals surface area contributed by atoms with Crippen molar-refractivity contribution in [1.29, 1.82) is 0 Å². The van der Waals surface area contributed by atoms with Crippen molar-refractivity contribution in [3.05, 3.63) is 0 Å². The van der Waals surface area contributed by atoms with Gasteiger partial charge in [-0.2, -0.15) is 0 Å². The lowest BCUT2D eigenvalue weighted by atomic mass is 9.44. The van der Waals surface area contributed by atoms with Crippen molar-refractivity contribution in [3.63, 3.8) is 0 Å². The first kappa shape index (κ1) is 29.5. The minimum atomic E-state index is -1.66. The van der Waals surface area contributed by atoms with Crippen LogP contribution < -0.4 is 0 Å². The van der Waals surface area contributed by atoms with Crippen LogP contribution in [0.2, 0.25) is 58.9 Å². The SMILES string of the molecule is C[C@@H](O[Si](C)(C)C)[C@H]1CCC2C3CC[C@H]4C[C@H](O[Si](C)(C)C)CC[C@]4(C)C3[C@@H](O[Si](C)(C)C)C[C@@]21C. The van der Waals surface area contributed by atoms with E-state index in [4.69, 9.17) is 13.3 Å². The first-order valence-corrected chi connectivity index (χ1v) is 25.6. The Morgan fingerprint density at radius 2 is 1.36 bits per heavy atom. The molecule has 0 saturated heterocycles. The van der Waals surface area contributed by atoms with Gasteiger partial charge in [0.25, 0.3) is 0 Å². The largest absolute Gasteiger partial charge is 0.415 e. The molecular formula is C30H60O3Si3. The normalized spacial score (nSPS) is 44.5. The molecule has 210 valence electrons. The predicted octanol–water partition coefficient (Wildman–Crippen LogP) is 8.94. The molecule has 6 heteroatoms. The summed E-state index contributed by atoms with van der Waals surface area (Å²) in [6.07, 6.45) is 12.0. The van der Waals surface area contributed by atoms with E-state index in [1.54, 1.807) is 0 Å². The highest BCUT2D eigenvalue weighted by Crippen LogP contribution is 2.68. The van der Waals surface area contributed by atoms with Gasteiger partial charge in [0.15, 0.2) is 25.0 Å².